The molecule has 0 amide bonds. The maximum atomic E-state index is 9.94. The molecular weight excluding hydrogens is 128 g/mol. The second kappa shape index (κ2) is 3.59. The van der Waals surface area contributed by atoms with Crippen LogP contribution in [0.5, 0.6) is 0 Å². The lowest BCUT2D eigenvalue weighted by Crippen LogP contribution is -2.14. The number of primary sulfonamides is 1. The normalized spacial score (nSPS) is 9.62. The average Bonchev–Trinajstić information content (AvgIpc) is 1.30. The van der Waals surface area contributed by atoms with Crippen LogP contribution in [-0.2, 0) is 10.0 Å². The van der Waals surface area contributed by atoms with E-state index in [-0.39, 0.29) is 11.9 Å². The van der Waals surface area contributed by atoms with Gasteiger partial charge < -0.3 is 6.15 Å². The monoisotopic (exact) mass is 138 g/mol. The molecule has 50 valence electrons. The van der Waals surface area contributed by atoms with Crippen LogP contribution < -0.4 is 11.3 Å². The first kappa shape index (κ1) is 10.6. The highest BCUT2D eigenvalue weighted by molar-refractivity contribution is 7.89. The molecule has 0 unspecified atom stereocenters. The van der Waals surface area contributed by atoms with Crippen molar-refractivity contribution in [3.63, 3.8) is 0 Å². The third kappa shape index (κ3) is 9.15. The summed E-state index contributed by atoms with van der Waals surface area (Å²) in [5.41, 5.74) is 0. The lowest BCUT2D eigenvalue weighted by molar-refractivity contribution is 0.600. The van der Waals surface area contributed by atoms with Gasteiger partial charge in [-0.3, -0.25) is 0 Å². The maximum Gasteiger partial charge on any atom is 0.212 e. The molecule has 0 aromatic rings. The van der Waals surface area contributed by atoms with Crippen LogP contribution >= 0.6 is 0 Å². The highest BCUT2D eigenvalue weighted by atomic mass is 32.2. The SMILES string of the molecule is C=CCS(N)(=O)=O.N. The van der Waals surface area contributed by atoms with E-state index in [1.807, 2.05) is 0 Å². The minimum absolute atomic E-state index is 0. The van der Waals surface area contributed by atoms with E-state index in [1.165, 1.54) is 6.08 Å². The van der Waals surface area contributed by atoms with Gasteiger partial charge in [0.15, 0.2) is 0 Å². The van der Waals surface area contributed by atoms with Crippen molar-refractivity contribution in [3.8, 4) is 0 Å². The van der Waals surface area contributed by atoms with Crippen molar-refractivity contribution in [1.29, 1.82) is 0 Å². The molecule has 0 atom stereocenters. The molecule has 0 aromatic heterocycles. The van der Waals surface area contributed by atoms with Crippen LogP contribution in [0.1, 0.15) is 0 Å². The Morgan fingerprint density at radius 1 is 1.62 bits per heavy atom. The predicted octanol–water partition coefficient (Wildman–Crippen LogP) is -0.377. The molecule has 0 aliphatic carbocycles. The first-order valence-electron chi connectivity index (χ1n) is 1.67. The smallest absolute Gasteiger partial charge is 0.212 e. The summed E-state index contributed by atoms with van der Waals surface area (Å²) in [6.45, 7) is 3.19. The first-order chi connectivity index (χ1) is 3.06. The van der Waals surface area contributed by atoms with E-state index in [0.29, 0.717) is 0 Å². The molecule has 0 heterocycles. The summed E-state index contributed by atoms with van der Waals surface area (Å²) in [6.07, 6.45) is 1.25. The van der Waals surface area contributed by atoms with E-state index >= 15 is 0 Å². The van der Waals surface area contributed by atoms with Crippen molar-refractivity contribution >= 4 is 10.0 Å². The molecule has 0 saturated carbocycles. The number of nitrogens with two attached hydrogens (primary N) is 1. The number of sulfonamides is 1. The number of rotatable bonds is 2. The van der Waals surface area contributed by atoms with Gasteiger partial charge in [0.1, 0.15) is 0 Å². The summed E-state index contributed by atoms with van der Waals surface area (Å²) >= 11 is 0. The van der Waals surface area contributed by atoms with E-state index in [0.717, 1.165) is 0 Å². The van der Waals surface area contributed by atoms with E-state index in [9.17, 15) is 8.42 Å². The van der Waals surface area contributed by atoms with Gasteiger partial charge in [-0.2, -0.15) is 0 Å². The average molecular weight is 138 g/mol. The Morgan fingerprint density at radius 3 is 2.00 bits per heavy atom. The van der Waals surface area contributed by atoms with Gasteiger partial charge in [-0.1, -0.05) is 6.08 Å². The highest BCUT2D eigenvalue weighted by Crippen LogP contribution is 1.73. The third-order valence-electron chi connectivity index (χ3n) is 0.350. The fraction of sp³-hybridized carbons (Fsp3) is 0.333. The Balaban J connectivity index is 0. The fourth-order valence-corrected chi connectivity index (χ4v) is 0.493. The van der Waals surface area contributed by atoms with Gasteiger partial charge in [0.25, 0.3) is 0 Å². The van der Waals surface area contributed by atoms with Crippen molar-refractivity contribution in [2.45, 2.75) is 0 Å². The van der Waals surface area contributed by atoms with Gasteiger partial charge in [0, 0.05) is 0 Å². The number of hydrogen-bond donors (Lipinski definition) is 2. The lowest BCUT2D eigenvalue weighted by atomic mass is 10.8. The summed E-state index contributed by atoms with van der Waals surface area (Å²) in [4.78, 5) is 0. The molecule has 0 bridgehead atoms. The Bertz CT molecular complexity index is 149. The lowest BCUT2D eigenvalue weighted by Gasteiger charge is -1.83. The van der Waals surface area contributed by atoms with Gasteiger partial charge in [-0.05, 0) is 0 Å². The molecular formula is C3H10N2O2S. The second-order valence-electron chi connectivity index (χ2n) is 1.12. The zero-order valence-electron chi connectivity index (χ0n) is 4.50. The van der Waals surface area contributed by atoms with Crippen LogP contribution in [-0.4, -0.2) is 14.2 Å². The van der Waals surface area contributed by atoms with Gasteiger partial charge in [-0.25, -0.2) is 13.6 Å². The quantitative estimate of drug-likeness (QED) is 0.509. The minimum Gasteiger partial charge on any atom is -0.344 e. The molecule has 0 fully saturated rings. The van der Waals surface area contributed by atoms with Gasteiger partial charge >= 0.3 is 0 Å². The largest absolute Gasteiger partial charge is 0.344 e. The maximum absolute atomic E-state index is 9.94. The third-order valence-corrected chi connectivity index (χ3v) is 1.05. The van der Waals surface area contributed by atoms with Crippen molar-refractivity contribution < 1.29 is 8.42 Å². The molecule has 4 nitrogen and oxygen atoms in total. The van der Waals surface area contributed by atoms with E-state index in [2.05, 4.69) is 11.7 Å². The Labute approximate surface area is 49.0 Å². The minimum atomic E-state index is -3.29. The summed E-state index contributed by atoms with van der Waals surface area (Å²) in [7, 11) is -3.29. The predicted molar refractivity (Wildman–Crippen MR) is 33.2 cm³/mol. The fourth-order valence-electron chi connectivity index (χ4n) is 0.164. The van der Waals surface area contributed by atoms with Crippen LogP contribution in [0.2, 0.25) is 0 Å². The Hall–Kier alpha value is -0.390. The summed E-state index contributed by atoms with van der Waals surface area (Å²) in [5.74, 6) is -0.146. The molecule has 0 radical (unpaired) electrons. The Kier molecular flexibility index (Phi) is 4.74. The summed E-state index contributed by atoms with van der Waals surface area (Å²) in [5, 5.41) is 4.55. The van der Waals surface area contributed by atoms with Crippen molar-refractivity contribution in [1.82, 2.24) is 6.15 Å². The molecule has 0 spiro atoms. The van der Waals surface area contributed by atoms with Gasteiger partial charge in [-0.15, -0.1) is 6.58 Å². The van der Waals surface area contributed by atoms with Crippen LogP contribution in [0.4, 0.5) is 0 Å². The zero-order chi connectivity index (χ0) is 5.91. The standard InChI is InChI=1S/C3H7NO2S.H3N/c1-2-3-7(4,5)6;/h2H,1,3H2,(H2,4,5,6);1H3. The summed E-state index contributed by atoms with van der Waals surface area (Å²) in [6, 6.07) is 0. The van der Waals surface area contributed by atoms with Crippen LogP contribution in [0.3, 0.4) is 0 Å². The van der Waals surface area contributed by atoms with E-state index < -0.39 is 10.0 Å². The molecule has 8 heavy (non-hydrogen) atoms. The van der Waals surface area contributed by atoms with Gasteiger partial charge in [0.2, 0.25) is 10.0 Å². The number of hydrogen-bond acceptors (Lipinski definition) is 3. The van der Waals surface area contributed by atoms with Crippen molar-refractivity contribution in [3.05, 3.63) is 12.7 Å². The van der Waals surface area contributed by atoms with Crippen LogP contribution in [0, 0.1) is 0 Å². The Morgan fingerprint density at radius 2 is 2.00 bits per heavy atom. The van der Waals surface area contributed by atoms with Crippen molar-refractivity contribution in [2.75, 3.05) is 5.75 Å². The molecule has 0 aliphatic rings. The van der Waals surface area contributed by atoms with Crippen LogP contribution in [0.25, 0.3) is 0 Å². The molecule has 0 saturated heterocycles. The van der Waals surface area contributed by atoms with E-state index in [4.69, 9.17) is 0 Å². The van der Waals surface area contributed by atoms with E-state index in [1.54, 1.807) is 0 Å². The topological polar surface area (TPSA) is 95.2 Å². The van der Waals surface area contributed by atoms with Crippen LogP contribution in [0.15, 0.2) is 12.7 Å². The molecule has 0 aromatic carbocycles. The molecule has 0 aliphatic heterocycles. The molecule has 5 heteroatoms. The molecule has 0 rings (SSSR count). The van der Waals surface area contributed by atoms with Crippen molar-refractivity contribution in [2.24, 2.45) is 5.14 Å². The van der Waals surface area contributed by atoms with Gasteiger partial charge in [0.05, 0.1) is 5.75 Å². The second-order valence-corrected chi connectivity index (χ2v) is 2.78. The summed E-state index contributed by atoms with van der Waals surface area (Å²) < 4.78 is 19.9. The molecule has 5 N–H and O–H groups in total. The zero-order valence-corrected chi connectivity index (χ0v) is 5.32. The highest BCUT2D eigenvalue weighted by Gasteiger charge is 1.93. The first-order valence-corrected chi connectivity index (χ1v) is 3.39.